The summed E-state index contributed by atoms with van der Waals surface area (Å²) in [6, 6.07) is 22.5. The van der Waals surface area contributed by atoms with Gasteiger partial charge in [0.15, 0.2) is 0 Å². The Morgan fingerprint density at radius 3 is 2.42 bits per heavy atom. The number of ketones is 1. The van der Waals surface area contributed by atoms with Crippen LogP contribution in [0.25, 0.3) is 16.8 Å². The maximum absolute atomic E-state index is 12.6. The lowest BCUT2D eigenvalue weighted by Gasteiger charge is -2.04. The highest BCUT2D eigenvalue weighted by atomic mass is 16.5. The molecule has 0 aliphatic heterocycles. The van der Waals surface area contributed by atoms with E-state index in [0.29, 0.717) is 11.3 Å². The van der Waals surface area contributed by atoms with E-state index in [1.807, 2.05) is 48.5 Å². The monoisotopic (exact) mass is 313 g/mol. The van der Waals surface area contributed by atoms with Gasteiger partial charge in [0, 0.05) is 5.56 Å². The first kappa shape index (κ1) is 15.5. The van der Waals surface area contributed by atoms with Gasteiger partial charge in [0.1, 0.15) is 17.4 Å². The van der Waals surface area contributed by atoms with Gasteiger partial charge in [0.25, 0.3) is 0 Å². The zero-order valence-electron chi connectivity index (χ0n) is 13.2. The van der Waals surface area contributed by atoms with Gasteiger partial charge in [0.2, 0.25) is 5.78 Å². The Hall–Kier alpha value is -3.38. The molecule has 0 spiro atoms. The summed E-state index contributed by atoms with van der Waals surface area (Å²) in [5.41, 5.74) is 1.42. The Bertz CT molecular complexity index is 958. The van der Waals surface area contributed by atoms with Crippen molar-refractivity contribution in [1.82, 2.24) is 0 Å². The number of hydrogen-bond acceptors (Lipinski definition) is 3. The van der Waals surface area contributed by atoms with Crippen LogP contribution in [0.1, 0.15) is 15.9 Å². The Morgan fingerprint density at radius 1 is 1.00 bits per heavy atom. The van der Waals surface area contributed by atoms with Gasteiger partial charge in [-0.05, 0) is 46.7 Å². The summed E-state index contributed by atoms with van der Waals surface area (Å²) >= 11 is 0. The highest BCUT2D eigenvalue weighted by Gasteiger charge is 2.13. The minimum atomic E-state index is -0.298. The molecule has 3 rings (SSSR count). The van der Waals surface area contributed by atoms with Crippen LogP contribution in [0.4, 0.5) is 0 Å². The third-order valence-corrected chi connectivity index (χ3v) is 3.84. The van der Waals surface area contributed by atoms with E-state index in [1.54, 1.807) is 37.5 Å². The molecule has 24 heavy (non-hydrogen) atoms. The van der Waals surface area contributed by atoms with Crippen LogP contribution in [0.2, 0.25) is 0 Å². The topological polar surface area (TPSA) is 50.1 Å². The van der Waals surface area contributed by atoms with Crippen LogP contribution in [0, 0.1) is 11.3 Å². The number of hydrogen-bond donors (Lipinski definition) is 0. The van der Waals surface area contributed by atoms with Crippen molar-refractivity contribution in [3.05, 3.63) is 83.4 Å². The van der Waals surface area contributed by atoms with E-state index in [9.17, 15) is 10.1 Å². The summed E-state index contributed by atoms with van der Waals surface area (Å²) in [6.45, 7) is 0. The predicted molar refractivity (Wildman–Crippen MR) is 94.9 cm³/mol. The fourth-order valence-electron chi connectivity index (χ4n) is 2.58. The second-order valence-corrected chi connectivity index (χ2v) is 5.30. The normalized spacial score (nSPS) is 11.1. The lowest BCUT2D eigenvalue weighted by Crippen LogP contribution is -2.02. The van der Waals surface area contributed by atoms with E-state index < -0.39 is 0 Å². The maximum atomic E-state index is 12.6. The van der Waals surface area contributed by atoms with Crippen LogP contribution in [-0.4, -0.2) is 12.9 Å². The smallest absolute Gasteiger partial charge is 0.203 e. The second-order valence-electron chi connectivity index (χ2n) is 5.30. The Labute approximate surface area is 140 Å². The molecule has 0 atom stereocenters. The van der Waals surface area contributed by atoms with E-state index in [0.717, 1.165) is 16.3 Å². The average molecular weight is 313 g/mol. The van der Waals surface area contributed by atoms with Crippen LogP contribution in [0.3, 0.4) is 0 Å². The van der Waals surface area contributed by atoms with E-state index >= 15 is 0 Å². The minimum absolute atomic E-state index is 0.108. The molecule has 116 valence electrons. The molecule has 0 amide bonds. The number of carbonyl (C=O) groups excluding carboxylic acids is 1. The summed E-state index contributed by atoms with van der Waals surface area (Å²) in [5.74, 6) is 0.371. The first-order valence-electron chi connectivity index (χ1n) is 7.51. The highest BCUT2D eigenvalue weighted by molar-refractivity contribution is 6.14. The molecule has 0 aliphatic carbocycles. The summed E-state index contributed by atoms with van der Waals surface area (Å²) < 4.78 is 5.09. The Balaban J connectivity index is 2.02. The maximum Gasteiger partial charge on any atom is 0.203 e. The number of rotatable bonds is 4. The number of ether oxygens (including phenoxy) is 1. The molecule has 0 saturated carbocycles. The third kappa shape index (κ3) is 3.04. The number of fused-ring (bicyclic) bond motifs is 1. The van der Waals surface area contributed by atoms with Gasteiger partial charge in [-0.2, -0.15) is 5.26 Å². The molecule has 0 bridgehead atoms. The SMILES string of the molecule is COc1ccc(C(=O)/C(C#N)=C/c2cccc3ccccc23)cc1. The summed E-state index contributed by atoms with van der Waals surface area (Å²) in [6.07, 6.45) is 1.65. The zero-order valence-corrected chi connectivity index (χ0v) is 13.2. The quantitative estimate of drug-likeness (QED) is 0.400. The average Bonchev–Trinajstić information content (AvgIpc) is 2.65. The molecule has 3 aromatic carbocycles. The lowest BCUT2D eigenvalue weighted by atomic mass is 9.99. The summed E-state index contributed by atoms with van der Waals surface area (Å²) in [4.78, 5) is 12.6. The molecule has 0 aliphatic rings. The fourth-order valence-corrected chi connectivity index (χ4v) is 2.58. The highest BCUT2D eigenvalue weighted by Crippen LogP contribution is 2.22. The van der Waals surface area contributed by atoms with Crippen molar-refractivity contribution in [3.63, 3.8) is 0 Å². The second kappa shape index (κ2) is 6.80. The predicted octanol–water partition coefficient (Wildman–Crippen LogP) is 4.64. The summed E-state index contributed by atoms with van der Waals surface area (Å²) in [5, 5.41) is 11.5. The molecule has 0 unspecified atom stereocenters. The number of methoxy groups -OCH3 is 1. The molecule has 0 fully saturated rings. The first-order valence-corrected chi connectivity index (χ1v) is 7.51. The Morgan fingerprint density at radius 2 is 1.71 bits per heavy atom. The number of carbonyl (C=O) groups is 1. The van der Waals surface area contributed by atoms with E-state index in [2.05, 4.69) is 0 Å². The molecule has 3 heteroatoms. The minimum Gasteiger partial charge on any atom is -0.497 e. The van der Waals surface area contributed by atoms with Crippen LogP contribution in [0.15, 0.2) is 72.3 Å². The molecule has 3 nitrogen and oxygen atoms in total. The lowest BCUT2D eigenvalue weighted by molar-refractivity contribution is 0.104. The zero-order chi connectivity index (χ0) is 16.9. The van der Waals surface area contributed by atoms with Crippen molar-refractivity contribution >= 4 is 22.6 Å². The van der Waals surface area contributed by atoms with Gasteiger partial charge < -0.3 is 4.74 Å². The van der Waals surface area contributed by atoms with Crippen LogP contribution < -0.4 is 4.74 Å². The van der Waals surface area contributed by atoms with Crippen molar-refractivity contribution in [3.8, 4) is 11.8 Å². The van der Waals surface area contributed by atoms with Crippen molar-refractivity contribution in [2.75, 3.05) is 7.11 Å². The van der Waals surface area contributed by atoms with Gasteiger partial charge in [-0.25, -0.2) is 0 Å². The van der Waals surface area contributed by atoms with Crippen molar-refractivity contribution in [2.24, 2.45) is 0 Å². The first-order chi connectivity index (χ1) is 11.7. The van der Waals surface area contributed by atoms with Gasteiger partial charge in [-0.1, -0.05) is 42.5 Å². The molecule has 0 N–H and O–H groups in total. The van der Waals surface area contributed by atoms with Crippen molar-refractivity contribution < 1.29 is 9.53 Å². The molecule has 0 heterocycles. The number of nitriles is 1. The molecular weight excluding hydrogens is 298 g/mol. The van der Waals surface area contributed by atoms with Gasteiger partial charge in [0.05, 0.1) is 7.11 Å². The van der Waals surface area contributed by atoms with Gasteiger partial charge in [-0.3, -0.25) is 4.79 Å². The number of benzene rings is 3. The van der Waals surface area contributed by atoms with Crippen LogP contribution in [0.5, 0.6) is 5.75 Å². The number of allylic oxidation sites excluding steroid dienone is 1. The molecule has 0 aromatic heterocycles. The largest absolute Gasteiger partial charge is 0.497 e. The van der Waals surface area contributed by atoms with Crippen LogP contribution >= 0.6 is 0 Å². The number of Topliss-reactive ketones (excluding diaryl/α,β-unsaturated/α-hetero) is 1. The number of nitrogens with zero attached hydrogens (tertiary/aromatic N) is 1. The van der Waals surface area contributed by atoms with E-state index in [-0.39, 0.29) is 11.4 Å². The van der Waals surface area contributed by atoms with Crippen molar-refractivity contribution in [1.29, 1.82) is 5.26 Å². The Kier molecular flexibility index (Phi) is 4.40. The summed E-state index contributed by atoms with van der Waals surface area (Å²) in [7, 11) is 1.57. The fraction of sp³-hybridized carbons (Fsp3) is 0.0476. The van der Waals surface area contributed by atoms with Crippen molar-refractivity contribution in [2.45, 2.75) is 0 Å². The van der Waals surface area contributed by atoms with E-state index in [4.69, 9.17) is 4.74 Å². The molecule has 0 radical (unpaired) electrons. The van der Waals surface area contributed by atoms with Gasteiger partial charge in [-0.15, -0.1) is 0 Å². The van der Waals surface area contributed by atoms with E-state index in [1.165, 1.54) is 0 Å². The molecule has 0 saturated heterocycles. The molecular formula is C21H15NO2. The van der Waals surface area contributed by atoms with Gasteiger partial charge >= 0.3 is 0 Å². The molecule has 3 aromatic rings. The third-order valence-electron chi connectivity index (χ3n) is 3.84. The van der Waals surface area contributed by atoms with Crippen LogP contribution in [-0.2, 0) is 0 Å². The standard InChI is InChI=1S/C21H15NO2/c1-24-19-11-9-16(10-12-19)21(23)18(14-22)13-17-7-4-6-15-5-2-3-8-20(15)17/h2-13H,1H3/b18-13+.